The normalized spacial score (nSPS) is 12.0. The van der Waals surface area contributed by atoms with E-state index < -0.39 is 17.2 Å². The van der Waals surface area contributed by atoms with E-state index in [1.807, 2.05) is 13.8 Å². The van der Waals surface area contributed by atoms with E-state index >= 15 is 0 Å². The van der Waals surface area contributed by atoms with Crippen LogP contribution in [0.25, 0.3) is 5.69 Å². The van der Waals surface area contributed by atoms with Crippen molar-refractivity contribution in [1.29, 1.82) is 0 Å². The molecule has 1 atom stereocenters. The first-order chi connectivity index (χ1) is 11.4. The van der Waals surface area contributed by atoms with Crippen LogP contribution in [0.5, 0.6) is 0 Å². The van der Waals surface area contributed by atoms with E-state index in [0.717, 1.165) is 9.25 Å². The van der Waals surface area contributed by atoms with Crippen LogP contribution in [0.3, 0.4) is 0 Å². The largest absolute Gasteiger partial charge is 0.352 e. The van der Waals surface area contributed by atoms with Crippen molar-refractivity contribution in [2.45, 2.75) is 39.8 Å². The lowest BCUT2D eigenvalue weighted by Gasteiger charge is -2.13. The van der Waals surface area contributed by atoms with Crippen molar-refractivity contribution in [3.8, 4) is 5.69 Å². The lowest BCUT2D eigenvalue weighted by atomic mass is 10.2. The molecule has 1 heterocycles. The van der Waals surface area contributed by atoms with E-state index in [2.05, 4.69) is 10.4 Å². The van der Waals surface area contributed by atoms with Crippen LogP contribution in [0.2, 0.25) is 5.02 Å². The Hall–Kier alpha value is -2.41. The fourth-order valence-corrected chi connectivity index (χ4v) is 2.21. The zero-order valence-electron chi connectivity index (χ0n) is 13.7. The molecule has 0 saturated carbocycles. The molecule has 0 spiro atoms. The highest BCUT2D eigenvalue weighted by Gasteiger charge is 2.20. The molecule has 7 nitrogen and oxygen atoms in total. The van der Waals surface area contributed by atoms with Crippen LogP contribution in [0.1, 0.15) is 37.7 Å². The molecule has 0 fully saturated rings. The van der Waals surface area contributed by atoms with Gasteiger partial charge in [-0.3, -0.25) is 14.2 Å². The number of carbonyl (C=O) groups excluding carboxylic acids is 1. The highest BCUT2D eigenvalue weighted by Crippen LogP contribution is 2.11. The summed E-state index contributed by atoms with van der Waals surface area (Å²) < 4.78 is 2.01. The van der Waals surface area contributed by atoms with Crippen LogP contribution in [-0.2, 0) is 6.54 Å². The number of halogens is 1. The minimum Gasteiger partial charge on any atom is -0.348 e. The van der Waals surface area contributed by atoms with E-state index in [9.17, 15) is 14.4 Å². The monoisotopic (exact) mass is 350 g/mol. The van der Waals surface area contributed by atoms with Gasteiger partial charge in [-0.25, -0.2) is 4.79 Å². The van der Waals surface area contributed by atoms with E-state index in [0.29, 0.717) is 17.1 Å². The van der Waals surface area contributed by atoms with E-state index in [-0.39, 0.29) is 18.3 Å². The highest BCUT2D eigenvalue weighted by atomic mass is 35.5. The molecule has 0 saturated heterocycles. The Morgan fingerprint density at radius 2 is 1.88 bits per heavy atom. The molecule has 0 bridgehead atoms. The fraction of sp³-hybridized carbons (Fsp3) is 0.375. The van der Waals surface area contributed by atoms with Crippen LogP contribution in [0.4, 0.5) is 0 Å². The van der Waals surface area contributed by atoms with Crippen molar-refractivity contribution < 1.29 is 4.79 Å². The third kappa shape index (κ3) is 3.56. The van der Waals surface area contributed by atoms with Crippen LogP contribution >= 0.6 is 11.6 Å². The van der Waals surface area contributed by atoms with Crippen molar-refractivity contribution in [3.05, 3.63) is 55.8 Å². The molecule has 0 unspecified atom stereocenters. The summed E-state index contributed by atoms with van der Waals surface area (Å²) in [4.78, 5) is 37.2. The summed E-state index contributed by atoms with van der Waals surface area (Å²) in [5.74, 6) is -0.598. The Balaban J connectivity index is 2.63. The number of nitrogens with zero attached hydrogens (tertiary/aromatic N) is 3. The molecule has 0 aliphatic carbocycles. The van der Waals surface area contributed by atoms with Crippen molar-refractivity contribution in [2.24, 2.45) is 0 Å². The predicted molar refractivity (Wildman–Crippen MR) is 92.0 cm³/mol. The highest BCUT2D eigenvalue weighted by molar-refractivity contribution is 6.30. The van der Waals surface area contributed by atoms with Gasteiger partial charge < -0.3 is 5.32 Å². The fourth-order valence-electron chi connectivity index (χ4n) is 2.08. The maximum Gasteiger partial charge on any atom is 0.352 e. The molecule has 128 valence electrons. The van der Waals surface area contributed by atoms with Gasteiger partial charge >= 0.3 is 5.69 Å². The molecule has 0 aliphatic heterocycles. The van der Waals surface area contributed by atoms with E-state index in [4.69, 9.17) is 11.6 Å². The van der Waals surface area contributed by atoms with Crippen LogP contribution in [-0.4, -0.2) is 26.3 Å². The Morgan fingerprint density at radius 1 is 1.25 bits per heavy atom. The number of carbonyl (C=O) groups is 1. The molecule has 24 heavy (non-hydrogen) atoms. The van der Waals surface area contributed by atoms with E-state index in [1.165, 1.54) is 0 Å². The van der Waals surface area contributed by atoms with Gasteiger partial charge in [0.1, 0.15) is 0 Å². The average Bonchev–Trinajstić information content (AvgIpc) is 2.56. The first-order valence-electron chi connectivity index (χ1n) is 7.70. The molecule has 1 N–H and O–H groups in total. The number of rotatable bonds is 5. The number of benzene rings is 1. The SMILES string of the molecule is CC[C@@H](C)NC(=O)c1nn(-c2ccc(Cl)cc2)c(=O)n(CC)c1=O. The summed E-state index contributed by atoms with van der Waals surface area (Å²) in [6.45, 7) is 5.53. The number of amides is 1. The Morgan fingerprint density at radius 3 is 2.42 bits per heavy atom. The Kier molecular flexibility index (Phi) is 5.56. The van der Waals surface area contributed by atoms with Gasteiger partial charge in [0.15, 0.2) is 0 Å². The summed E-state index contributed by atoms with van der Waals surface area (Å²) >= 11 is 5.85. The minimum atomic E-state index is -0.700. The summed E-state index contributed by atoms with van der Waals surface area (Å²) in [7, 11) is 0. The quantitative estimate of drug-likeness (QED) is 0.887. The van der Waals surface area contributed by atoms with Gasteiger partial charge in [0.05, 0.1) is 5.69 Å². The maximum absolute atomic E-state index is 12.5. The second-order valence-electron chi connectivity index (χ2n) is 5.35. The molecule has 8 heteroatoms. The van der Waals surface area contributed by atoms with Crippen molar-refractivity contribution >= 4 is 17.5 Å². The molecular weight excluding hydrogens is 332 g/mol. The van der Waals surface area contributed by atoms with E-state index in [1.54, 1.807) is 31.2 Å². The topological polar surface area (TPSA) is 86.0 Å². The van der Waals surface area contributed by atoms with Crippen LogP contribution < -0.4 is 16.6 Å². The summed E-state index contributed by atoms with van der Waals surface area (Å²) in [5, 5.41) is 7.18. The lowest BCUT2D eigenvalue weighted by molar-refractivity contribution is 0.0929. The number of hydrogen-bond donors (Lipinski definition) is 1. The predicted octanol–water partition coefficient (Wildman–Crippen LogP) is 1.60. The Bertz CT molecular complexity index is 855. The molecule has 2 rings (SSSR count). The second-order valence-corrected chi connectivity index (χ2v) is 5.79. The molecule has 2 aromatic rings. The standard InChI is InChI=1S/C16H19ClN4O3/c1-4-10(3)18-14(22)13-15(23)20(5-2)16(24)21(19-13)12-8-6-11(17)7-9-12/h6-10H,4-5H2,1-3H3,(H,18,22)/t10-/m1/s1. The molecule has 1 aromatic carbocycles. The van der Waals surface area contributed by atoms with Gasteiger partial charge in [-0.1, -0.05) is 18.5 Å². The smallest absolute Gasteiger partial charge is 0.348 e. The average molecular weight is 351 g/mol. The Labute approximate surface area is 143 Å². The zero-order valence-corrected chi connectivity index (χ0v) is 14.5. The lowest BCUT2D eigenvalue weighted by Crippen LogP contribution is -2.46. The number of nitrogens with one attached hydrogen (secondary N) is 1. The summed E-state index contributed by atoms with van der Waals surface area (Å²) in [5.41, 5.74) is -1.20. The molecule has 0 radical (unpaired) electrons. The van der Waals surface area contributed by atoms with Gasteiger partial charge in [0.25, 0.3) is 11.5 Å². The van der Waals surface area contributed by atoms with Crippen molar-refractivity contribution in [1.82, 2.24) is 19.7 Å². The number of hydrogen-bond acceptors (Lipinski definition) is 4. The number of aromatic nitrogens is 3. The first kappa shape index (κ1) is 17.9. The maximum atomic E-state index is 12.5. The molecule has 1 amide bonds. The molecule has 1 aromatic heterocycles. The van der Waals surface area contributed by atoms with Gasteiger partial charge in [0, 0.05) is 17.6 Å². The molecule has 0 aliphatic rings. The van der Waals surface area contributed by atoms with Gasteiger partial charge in [-0.05, 0) is 44.5 Å². The second kappa shape index (κ2) is 7.44. The van der Waals surface area contributed by atoms with Gasteiger partial charge in [0.2, 0.25) is 5.69 Å². The summed E-state index contributed by atoms with van der Waals surface area (Å²) in [6.07, 6.45) is 0.713. The zero-order chi connectivity index (χ0) is 17.9. The van der Waals surface area contributed by atoms with Gasteiger partial charge in [-0.2, -0.15) is 9.78 Å². The van der Waals surface area contributed by atoms with Crippen molar-refractivity contribution in [2.75, 3.05) is 0 Å². The van der Waals surface area contributed by atoms with Crippen molar-refractivity contribution in [3.63, 3.8) is 0 Å². The minimum absolute atomic E-state index is 0.107. The third-order valence-electron chi connectivity index (χ3n) is 3.65. The van der Waals surface area contributed by atoms with Crippen LogP contribution in [0, 0.1) is 0 Å². The van der Waals surface area contributed by atoms with Crippen LogP contribution in [0.15, 0.2) is 33.9 Å². The van der Waals surface area contributed by atoms with Gasteiger partial charge in [-0.15, -0.1) is 0 Å². The first-order valence-corrected chi connectivity index (χ1v) is 8.07. The third-order valence-corrected chi connectivity index (χ3v) is 3.90. The molecular formula is C16H19ClN4O3. The summed E-state index contributed by atoms with van der Waals surface area (Å²) in [6, 6.07) is 6.29.